The smallest absolute Gasteiger partial charge is 0.306 e. The number of hydrogen-bond donors (Lipinski definition) is 3. The fourth-order valence-electron chi connectivity index (χ4n) is 7.72. The highest BCUT2D eigenvalue weighted by Crippen LogP contribution is 2.18. The second kappa shape index (κ2) is 48.6. The predicted molar refractivity (Wildman–Crippen MR) is 264 cm³/mol. The number of carbonyl (C=O) groups is 2. The van der Waals surface area contributed by atoms with Gasteiger partial charge in [0, 0.05) is 6.42 Å². The van der Waals surface area contributed by atoms with Crippen molar-refractivity contribution in [3.05, 3.63) is 60.8 Å². The lowest BCUT2D eigenvalue weighted by Crippen LogP contribution is -2.46. The van der Waals surface area contributed by atoms with Gasteiger partial charge in [-0.1, -0.05) is 242 Å². The Balaban J connectivity index is 4.57. The molecule has 3 N–H and O–H groups in total. The number of aliphatic hydroxyl groups is 2. The van der Waals surface area contributed by atoms with Crippen LogP contribution in [0.3, 0.4) is 0 Å². The van der Waals surface area contributed by atoms with Crippen LogP contribution < -0.4 is 5.32 Å². The summed E-state index contributed by atoms with van der Waals surface area (Å²) in [5.74, 6) is -0.569. The van der Waals surface area contributed by atoms with Crippen molar-refractivity contribution in [2.75, 3.05) is 6.61 Å². The van der Waals surface area contributed by atoms with Crippen molar-refractivity contribution in [3.8, 4) is 0 Å². The minimum atomic E-state index is -0.799. The highest BCUT2D eigenvalue weighted by Gasteiger charge is 2.24. The molecule has 0 rings (SSSR count). The molecule has 0 fully saturated rings. The van der Waals surface area contributed by atoms with Gasteiger partial charge in [0.15, 0.2) is 0 Å². The van der Waals surface area contributed by atoms with Gasteiger partial charge in [0.2, 0.25) is 5.91 Å². The molecule has 1 amide bonds. The molecule has 3 atom stereocenters. The molecule has 0 aliphatic carbocycles. The standard InChI is InChI=1S/C55H99NO5/c1-4-7-10-13-16-19-22-24-26-28-30-32-35-38-41-44-47-53(58)52(50-57)56-54(59)49-51(46-43-40-37-34-21-18-15-12-9-6-3)61-55(60)48-45-42-39-36-33-31-29-27-25-23-20-17-14-11-8-5-2/h8,11,17,20,25,27,31,33,39,42,51-53,57-58H,4-7,9-10,12-16,18-19,21-24,26,28-30,32,34-38,40-41,43-50H2,1-3H3,(H,56,59)/b11-8+,20-17+,27-25+,33-31+,42-39+. The van der Waals surface area contributed by atoms with Crippen molar-refractivity contribution in [2.45, 2.75) is 270 Å². The molecular formula is C55H99NO5. The van der Waals surface area contributed by atoms with Crippen LogP contribution in [0.2, 0.25) is 0 Å². The summed E-state index contributed by atoms with van der Waals surface area (Å²) in [6, 6.07) is -0.715. The van der Waals surface area contributed by atoms with Crippen LogP contribution in [-0.4, -0.2) is 46.9 Å². The Hall–Kier alpha value is -2.44. The van der Waals surface area contributed by atoms with E-state index in [-0.39, 0.29) is 31.3 Å². The normalized spacial score (nSPS) is 13.7. The molecule has 0 bridgehead atoms. The van der Waals surface area contributed by atoms with Gasteiger partial charge in [-0.05, 0) is 57.8 Å². The number of ether oxygens (including phenoxy) is 1. The fourth-order valence-corrected chi connectivity index (χ4v) is 7.72. The van der Waals surface area contributed by atoms with E-state index in [0.29, 0.717) is 19.3 Å². The number of nitrogens with one attached hydrogen (secondary N) is 1. The first-order valence-corrected chi connectivity index (χ1v) is 26.0. The van der Waals surface area contributed by atoms with E-state index in [1.165, 1.54) is 128 Å². The van der Waals surface area contributed by atoms with E-state index < -0.39 is 18.2 Å². The summed E-state index contributed by atoms with van der Waals surface area (Å²) < 4.78 is 5.88. The third-order valence-corrected chi connectivity index (χ3v) is 11.6. The topological polar surface area (TPSA) is 95.9 Å². The number of aliphatic hydroxyl groups excluding tert-OH is 2. The Labute approximate surface area is 378 Å². The average molecular weight is 854 g/mol. The van der Waals surface area contributed by atoms with Gasteiger partial charge in [-0.3, -0.25) is 9.59 Å². The van der Waals surface area contributed by atoms with Crippen LogP contribution in [0.15, 0.2) is 60.8 Å². The molecule has 3 unspecified atom stereocenters. The van der Waals surface area contributed by atoms with Gasteiger partial charge in [0.1, 0.15) is 6.10 Å². The highest BCUT2D eigenvalue weighted by atomic mass is 16.5. The summed E-state index contributed by atoms with van der Waals surface area (Å²) in [5.41, 5.74) is 0. The van der Waals surface area contributed by atoms with Gasteiger partial charge >= 0.3 is 5.97 Å². The molecule has 0 saturated heterocycles. The number of unbranched alkanes of at least 4 members (excludes halogenated alkanes) is 24. The third kappa shape index (κ3) is 44.0. The molecule has 0 heterocycles. The van der Waals surface area contributed by atoms with E-state index in [1.54, 1.807) is 0 Å². The van der Waals surface area contributed by atoms with Crippen LogP contribution in [0.4, 0.5) is 0 Å². The lowest BCUT2D eigenvalue weighted by molar-refractivity contribution is -0.150. The minimum Gasteiger partial charge on any atom is -0.462 e. The lowest BCUT2D eigenvalue weighted by Gasteiger charge is -2.24. The Morgan fingerprint density at radius 3 is 1.25 bits per heavy atom. The van der Waals surface area contributed by atoms with Crippen LogP contribution in [0.5, 0.6) is 0 Å². The van der Waals surface area contributed by atoms with E-state index >= 15 is 0 Å². The van der Waals surface area contributed by atoms with E-state index in [0.717, 1.165) is 70.6 Å². The number of carbonyl (C=O) groups excluding carboxylic acids is 2. The first kappa shape index (κ1) is 58.6. The van der Waals surface area contributed by atoms with Crippen molar-refractivity contribution in [2.24, 2.45) is 0 Å². The van der Waals surface area contributed by atoms with E-state index in [4.69, 9.17) is 4.74 Å². The van der Waals surface area contributed by atoms with E-state index in [2.05, 4.69) is 80.8 Å². The van der Waals surface area contributed by atoms with E-state index in [1.807, 2.05) is 6.08 Å². The van der Waals surface area contributed by atoms with Crippen molar-refractivity contribution in [3.63, 3.8) is 0 Å². The van der Waals surface area contributed by atoms with Gasteiger partial charge in [-0.15, -0.1) is 0 Å². The van der Waals surface area contributed by atoms with Crippen LogP contribution >= 0.6 is 0 Å². The maximum absolute atomic E-state index is 13.2. The van der Waals surface area contributed by atoms with Crippen molar-refractivity contribution in [1.82, 2.24) is 5.32 Å². The van der Waals surface area contributed by atoms with Gasteiger partial charge in [-0.25, -0.2) is 0 Å². The van der Waals surface area contributed by atoms with Crippen molar-refractivity contribution < 1.29 is 24.5 Å². The monoisotopic (exact) mass is 854 g/mol. The molecule has 0 aromatic heterocycles. The molecule has 354 valence electrons. The second-order valence-electron chi connectivity index (χ2n) is 17.5. The van der Waals surface area contributed by atoms with Gasteiger partial charge in [-0.2, -0.15) is 0 Å². The molecule has 0 aliphatic rings. The lowest BCUT2D eigenvalue weighted by atomic mass is 10.0. The first-order valence-electron chi connectivity index (χ1n) is 26.0. The number of amides is 1. The van der Waals surface area contributed by atoms with Crippen molar-refractivity contribution >= 4 is 11.9 Å². The molecule has 0 aromatic rings. The maximum Gasteiger partial charge on any atom is 0.306 e. The molecule has 0 aliphatic heterocycles. The molecule has 0 aromatic carbocycles. The number of hydrogen-bond acceptors (Lipinski definition) is 5. The minimum absolute atomic E-state index is 0.0487. The van der Waals surface area contributed by atoms with Gasteiger partial charge in [0.25, 0.3) is 0 Å². The first-order chi connectivity index (χ1) is 30.0. The zero-order valence-electron chi connectivity index (χ0n) is 40.3. The highest BCUT2D eigenvalue weighted by molar-refractivity contribution is 5.77. The Bertz CT molecular complexity index is 1090. The third-order valence-electron chi connectivity index (χ3n) is 11.6. The SMILES string of the molecule is CC/C=C/C/C=C/C/C=C/C/C=C/C/C=C/CCC(=O)OC(CCCCCCCCCCCC)CC(=O)NC(CO)C(O)CCCCCCCCCCCCCCCCCC. The second-order valence-corrected chi connectivity index (χ2v) is 17.5. The summed E-state index contributed by atoms with van der Waals surface area (Å²) in [7, 11) is 0. The number of rotatable bonds is 46. The van der Waals surface area contributed by atoms with Crippen molar-refractivity contribution in [1.29, 1.82) is 0 Å². The summed E-state index contributed by atoms with van der Waals surface area (Å²) in [6.45, 7) is 6.35. The van der Waals surface area contributed by atoms with Crippen LogP contribution in [0.25, 0.3) is 0 Å². The molecule has 0 radical (unpaired) electrons. The van der Waals surface area contributed by atoms with Crippen LogP contribution in [-0.2, 0) is 14.3 Å². The van der Waals surface area contributed by atoms with Crippen LogP contribution in [0.1, 0.15) is 252 Å². The molecule has 0 saturated carbocycles. The predicted octanol–water partition coefficient (Wildman–Crippen LogP) is 15.6. The van der Waals surface area contributed by atoms with Gasteiger partial charge < -0.3 is 20.3 Å². The van der Waals surface area contributed by atoms with E-state index in [9.17, 15) is 19.8 Å². The summed E-state index contributed by atoms with van der Waals surface area (Å²) >= 11 is 0. The van der Waals surface area contributed by atoms with Crippen LogP contribution in [0, 0.1) is 0 Å². The maximum atomic E-state index is 13.2. The summed E-state index contributed by atoms with van der Waals surface area (Å²) in [4.78, 5) is 26.1. The molecule has 6 heteroatoms. The zero-order chi connectivity index (χ0) is 44.5. The number of allylic oxidation sites excluding steroid dienone is 10. The number of esters is 1. The van der Waals surface area contributed by atoms with Gasteiger partial charge in [0.05, 0.1) is 25.2 Å². The Morgan fingerprint density at radius 1 is 0.492 bits per heavy atom. The Kier molecular flexibility index (Phi) is 46.6. The molecule has 6 nitrogen and oxygen atoms in total. The zero-order valence-corrected chi connectivity index (χ0v) is 40.3. The average Bonchev–Trinajstić information content (AvgIpc) is 3.25. The molecule has 0 spiro atoms. The fraction of sp³-hybridized carbons (Fsp3) is 0.782. The summed E-state index contributed by atoms with van der Waals surface area (Å²) in [5, 5.41) is 23.8. The Morgan fingerprint density at radius 2 is 0.852 bits per heavy atom. The quantitative estimate of drug-likeness (QED) is 0.0322. The summed E-state index contributed by atoms with van der Waals surface area (Å²) in [6.07, 6.45) is 60.1. The molecular weight excluding hydrogens is 755 g/mol. The molecule has 61 heavy (non-hydrogen) atoms. The largest absolute Gasteiger partial charge is 0.462 e.